The van der Waals surface area contributed by atoms with E-state index in [0.717, 1.165) is 6.42 Å². The van der Waals surface area contributed by atoms with Crippen molar-refractivity contribution in [2.45, 2.75) is 15.7 Å². The van der Waals surface area contributed by atoms with Gasteiger partial charge >= 0.3 is 0 Å². The first-order valence-corrected chi connectivity index (χ1v) is 4.76. The number of nitrogens with zero attached hydrogens (tertiary/aromatic N) is 2. The highest BCUT2D eigenvalue weighted by Gasteiger charge is 2.52. The molecule has 1 aromatic rings. The normalized spacial score (nSPS) is 38.0. The Morgan fingerprint density at radius 1 is 1.70 bits per heavy atom. The average molecular weight is 266 g/mol. The molecule has 0 aliphatic heterocycles. The van der Waals surface area contributed by atoms with Crippen LogP contribution in [0.1, 0.15) is 6.42 Å². The third-order valence-electron chi connectivity index (χ3n) is 1.72. The lowest BCUT2D eigenvalue weighted by Crippen LogP contribution is -2.08. The zero-order valence-electron chi connectivity index (χ0n) is 5.17. The Morgan fingerprint density at radius 2 is 2.40 bits per heavy atom. The Hall–Kier alpha value is 0.170. The fourth-order valence-corrected chi connectivity index (χ4v) is 2.64. The lowest BCUT2D eigenvalue weighted by atomic mass is 10.7. The molecule has 0 aromatic carbocycles. The van der Waals surface area contributed by atoms with Gasteiger partial charge in [0.25, 0.3) is 0 Å². The van der Waals surface area contributed by atoms with Gasteiger partial charge in [0.15, 0.2) is 0 Å². The van der Waals surface area contributed by atoms with Crippen molar-refractivity contribution in [3.8, 4) is 0 Å². The van der Waals surface area contributed by atoms with E-state index in [4.69, 9.17) is 0 Å². The number of imidazole rings is 1. The van der Waals surface area contributed by atoms with E-state index >= 15 is 0 Å². The summed E-state index contributed by atoms with van der Waals surface area (Å²) in [5.74, 6) is 0. The lowest BCUT2D eigenvalue weighted by Gasteiger charge is -2.07. The molecule has 4 heteroatoms. The summed E-state index contributed by atoms with van der Waals surface area (Å²) in [5.41, 5.74) is 0. The second-order valence-corrected chi connectivity index (χ2v) is 4.94. The third kappa shape index (κ3) is 0.855. The zero-order chi connectivity index (χ0) is 7.19. The molecule has 1 fully saturated rings. The van der Waals surface area contributed by atoms with Crippen molar-refractivity contribution in [3.63, 3.8) is 0 Å². The highest BCUT2D eigenvalue weighted by molar-refractivity contribution is 9.12. The van der Waals surface area contributed by atoms with E-state index in [-0.39, 0.29) is 4.45 Å². The number of aromatic nitrogens is 2. The minimum Gasteiger partial charge on any atom is -0.320 e. The largest absolute Gasteiger partial charge is 0.320 e. The second-order valence-electron chi connectivity index (χ2n) is 2.46. The Bertz CT molecular complexity index is 234. The molecule has 0 N–H and O–H groups in total. The molecule has 2 nitrogen and oxygen atoms in total. The van der Waals surface area contributed by atoms with Gasteiger partial charge in [0, 0.05) is 12.4 Å². The summed E-state index contributed by atoms with van der Waals surface area (Å²) in [4.78, 5) is 4.53. The van der Waals surface area contributed by atoms with Crippen LogP contribution in [0, 0.1) is 0 Å². The van der Waals surface area contributed by atoms with Crippen molar-refractivity contribution >= 4 is 31.9 Å². The molecule has 54 valence electrons. The van der Waals surface area contributed by atoms with E-state index in [1.807, 2.05) is 12.5 Å². The molecule has 0 amide bonds. The summed E-state index contributed by atoms with van der Waals surface area (Å²) < 4.78 is 2.19. The monoisotopic (exact) mass is 264 g/mol. The number of halogens is 2. The number of hydrogen-bond acceptors (Lipinski definition) is 1. The average Bonchev–Trinajstić information content (AvgIpc) is 2.35. The minimum atomic E-state index is 0.115. The van der Waals surface area contributed by atoms with Crippen molar-refractivity contribution in [1.82, 2.24) is 9.55 Å². The minimum absolute atomic E-state index is 0.115. The van der Waals surface area contributed by atoms with Gasteiger partial charge in [0.2, 0.25) is 0 Å². The van der Waals surface area contributed by atoms with Gasteiger partial charge in [-0.15, -0.1) is 0 Å². The van der Waals surface area contributed by atoms with Crippen LogP contribution in [0.2, 0.25) is 0 Å². The van der Waals surface area contributed by atoms with Crippen LogP contribution >= 0.6 is 31.9 Å². The Balaban J connectivity index is 2.30. The van der Waals surface area contributed by atoms with Gasteiger partial charge in [-0.1, -0.05) is 31.9 Å². The predicted molar refractivity (Wildman–Crippen MR) is 46.5 cm³/mol. The number of rotatable bonds is 1. The van der Waals surface area contributed by atoms with Crippen LogP contribution in [0.25, 0.3) is 0 Å². The molecule has 2 atom stereocenters. The van der Waals surface area contributed by atoms with Crippen LogP contribution in [0.15, 0.2) is 18.7 Å². The third-order valence-corrected chi connectivity index (χ3v) is 4.70. The first kappa shape index (κ1) is 6.85. The first-order chi connectivity index (χ1) is 4.73. The van der Waals surface area contributed by atoms with Gasteiger partial charge < -0.3 is 4.57 Å². The molecule has 2 rings (SSSR count). The van der Waals surface area contributed by atoms with Crippen molar-refractivity contribution in [3.05, 3.63) is 18.7 Å². The molecule has 2 unspecified atom stereocenters. The summed E-state index contributed by atoms with van der Waals surface area (Å²) >= 11 is 7.15. The van der Waals surface area contributed by atoms with Gasteiger partial charge in [-0.25, -0.2) is 4.98 Å². The van der Waals surface area contributed by atoms with Gasteiger partial charge in [0.1, 0.15) is 4.45 Å². The van der Waals surface area contributed by atoms with Crippen molar-refractivity contribution < 1.29 is 0 Å². The van der Waals surface area contributed by atoms with Crippen LogP contribution in [0.4, 0.5) is 0 Å². The maximum Gasteiger partial charge on any atom is 0.114 e. The van der Waals surface area contributed by atoms with Gasteiger partial charge in [0.05, 0.1) is 11.2 Å². The van der Waals surface area contributed by atoms with E-state index in [9.17, 15) is 0 Å². The van der Waals surface area contributed by atoms with Crippen LogP contribution in [0.5, 0.6) is 0 Å². The number of alkyl halides is 2. The van der Waals surface area contributed by atoms with Crippen LogP contribution in [0.3, 0.4) is 0 Å². The van der Waals surface area contributed by atoms with E-state index in [1.165, 1.54) is 0 Å². The highest BCUT2D eigenvalue weighted by atomic mass is 79.9. The Kier molecular flexibility index (Phi) is 1.42. The van der Waals surface area contributed by atoms with Crippen molar-refractivity contribution in [2.75, 3.05) is 0 Å². The molecule has 0 radical (unpaired) electrons. The van der Waals surface area contributed by atoms with Crippen molar-refractivity contribution in [1.29, 1.82) is 0 Å². The van der Waals surface area contributed by atoms with Gasteiger partial charge in [-0.05, 0) is 6.42 Å². The molecule has 1 aromatic heterocycles. The standard InChI is InChI=1S/C6H6Br2N2/c7-5-3-6(5,8)10-2-1-9-4-10/h1-2,4-5H,3H2. The van der Waals surface area contributed by atoms with Crippen LogP contribution < -0.4 is 0 Å². The molecule has 1 aliphatic rings. The molecule has 0 spiro atoms. The van der Waals surface area contributed by atoms with Gasteiger partial charge in [-0.3, -0.25) is 0 Å². The quantitative estimate of drug-likeness (QED) is 0.712. The van der Waals surface area contributed by atoms with E-state index < -0.39 is 0 Å². The maximum absolute atomic E-state index is 3.98. The molecular weight excluding hydrogens is 260 g/mol. The molecule has 1 heterocycles. The lowest BCUT2D eigenvalue weighted by molar-refractivity contribution is 0.699. The Morgan fingerprint density at radius 3 is 2.80 bits per heavy atom. The van der Waals surface area contributed by atoms with Crippen LogP contribution in [-0.4, -0.2) is 14.4 Å². The second kappa shape index (κ2) is 2.08. The van der Waals surface area contributed by atoms with E-state index in [0.29, 0.717) is 4.83 Å². The highest BCUT2D eigenvalue weighted by Crippen LogP contribution is 2.54. The summed E-state index contributed by atoms with van der Waals surface area (Å²) in [6.45, 7) is 0. The molecule has 1 aliphatic carbocycles. The fraction of sp³-hybridized carbons (Fsp3) is 0.500. The topological polar surface area (TPSA) is 17.8 Å². The van der Waals surface area contributed by atoms with E-state index in [1.54, 1.807) is 6.20 Å². The molecule has 1 saturated carbocycles. The number of hydrogen-bond donors (Lipinski definition) is 0. The summed E-state index contributed by atoms with van der Waals surface area (Å²) in [7, 11) is 0. The van der Waals surface area contributed by atoms with E-state index in [2.05, 4.69) is 41.4 Å². The van der Waals surface area contributed by atoms with Crippen LogP contribution in [-0.2, 0) is 4.45 Å². The first-order valence-electron chi connectivity index (χ1n) is 3.05. The maximum atomic E-state index is 3.98. The van der Waals surface area contributed by atoms with Crippen molar-refractivity contribution in [2.24, 2.45) is 0 Å². The SMILES string of the molecule is BrC1CC1(Br)n1ccnc1. The zero-order valence-corrected chi connectivity index (χ0v) is 8.34. The molecular formula is C6H6Br2N2. The predicted octanol–water partition coefficient (Wildman–Crippen LogP) is 2.10. The summed E-state index contributed by atoms with van der Waals surface area (Å²) in [5, 5.41) is 0. The molecule has 10 heavy (non-hydrogen) atoms. The molecule has 0 saturated heterocycles. The Labute approximate surface area is 75.9 Å². The smallest absolute Gasteiger partial charge is 0.114 e. The summed E-state index contributed by atoms with van der Waals surface area (Å²) in [6, 6.07) is 0. The fourth-order valence-electron chi connectivity index (χ4n) is 0.939. The molecule has 0 bridgehead atoms. The summed E-state index contributed by atoms with van der Waals surface area (Å²) in [6.07, 6.45) is 6.72. The van der Waals surface area contributed by atoms with Gasteiger partial charge in [-0.2, -0.15) is 0 Å².